The van der Waals surface area contributed by atoms with Crippen molar-refractivity contribution in [3.8, 4) is 5.75 Å². The van der Waals surface area contributed by atoms with Gasteiger partial charge in [0.2, 0.25) is 5.91 Å². The number of benzene rings is 1. The Balaban J connectivity index is 1.88. The van der Waals surface area contributed by atoms with Crippen LogP contribution in [-0.4, -0.2) is 54.3 Å². The normalized spacial score (nSPS) is 20.5. The third-order valence-electron chi connectivity index (χ3n) is 4.05. The predicted molar refractivity (Wildman–Crippen MR) is 86.1 cm³/mol. The minimum absolute atomic E-state index is 0.0522. The summed E-state index contributed by atoms with van der Waals surface area (Å²) >= 11 is 0. The van der Waals surface area contributed by atoms with Gasteiger partial charge in [0.05, 0.1) is 6.04 Å². The predicted octanol–water partition coefficient (Wildman–Crippen LogP) is 1.25. The van der Waals surface area contributed by atoms with Gasteiger partial charge in [0.1, 0.15) is 18.5 Å². The summed E-state index contributed by atoms with van der Waals surface area (Å²) in [6, 6.07) is 5.88. The molecular weight excluding hydrogens is 280 g/mol. The van der Waals surface area contributed by atoms with Crippen molar-refractivity contribution in [2.24, 2.45) is 0 Å². The first-order valence-corrected chi connectivity index (χ1v) is 7.91. The number of rotatable bonds is 6. The molecule has 2 unspecified atom stereocenters. The Hall–Kier alpha value is -1.59. The summed E-state index contributed by atoms with van der Waals surface area (Å²) in [6.07, 6.45) is 0.135. The zero-order valence-electron chi connectivity index (χ0n) is 13.6. The SMILES string of the molecule is CCC1C(=O)NCCN1CC(O)COc1cc(C)ccc1C. The molecule has 1 fully saturated rings. The van der Waals surface area contributed by atoms with Crippen LogP contribution in [0.15, 0.2) is 18.2 Å². The Morgan fingerprint density at radius 2 is 2.23 bits per heavy atom. The van der Waals surface area contributed by atoms with Gasteiger partial charge in [-0.15, -0.1) is 0 Å². The van der Waals surface area contributed by atoms with Crippen LogP contribution in [-0.2, 0) is 4.79 Å². The maximum atomic E-state index is 11.8. The van der Waals surface area contributed by atoms with E-state index in [1.807, 2.05) is 43.9 Å². The lowest BCUT2D eigenvalue weighted by molar-refractivity contribution is -0.129. The first-order chi connectivity index (χ1) is 10.5. The fourth-order valence-corrected chi connectivity index (χ4v) is 2.80. The van der Waals surface area contributed by atoms with Crippen molar-refractivity contribution in [3.05, 3.63) is 29.3 Å². The van der Waals surface area contributed by atoms with Crippen LogP contribution in [0, 0.1) is 13.8 Å². The lowest BCUT2D eigenvalue weighted by atomic mass is 10.1. The number of aliphatic hydroxyl groups is 1. The Morgan fingerprint density at radius 3 is 2.95 bits per heavy atom. The van der Waals surface area contributed by atoms with Gasteiger partial charge in [0, 0.05) is 19.6 Å². The molecular formula is C17H26N2O3. The van der Waals surface area contributed by atoms with E-state index in [4.69, 9.17) is 4.74 Å². The van der Waals surface area contributed by atoms with Gasteiger partial charge in [-0.3, -0.25) is 9.69 Å². The molecule has 1 amide bonds. The molecule has 22 heavy (non-hydrogen) atoms. The summed E-state index contributed by atoms with van der Waals surface area (Å²) < 4.78 is 5.74. The van der Waals surface area contributed by atoms with E-state index < -0.39 is 6.10 Å². The third kappa shape index (κ3) is 4.21. The van der Waals surface area contributed by atoms with Crippen LogP contribution in [0.25, 0.3) is 0 Å². The molecule has 0 saturated carbocycles. The second kappa shape index (κ2) is 7.61. The van der Waals surface area contributed by atoms with Gasteiger partial charge in [-0.1, -0.05) is 19.1 Å². The van der Waals surface area contributed by atoms with Gasteiger partial charge >= 0.3 is 0 Å². The van der Waals surface area contributed by atoms with Crippen LogP contribution in [0.5, 0.6) is 5.75 Å². The molecule has 0 aliphatic carbocycles. The van der Waals surface area contributed by atoms with Crippen LogP contribution < -0.4 is 10.1 Å². The second-order valence-corrected chi connectivity index (χ2v) is 5.94. The van der Waals surface area contributed by atoms with Crippen molar-refractivity contribution in [1.82, 2.24) is 10.2 Å². The number of amides is 1. The second-order valence-electron chi connectivity index (χ2n) is 5.94. The highest BCUT2D eigenvalue weighted by molar-refractivity contribution is 5.82. The molecule has 1 aromatic carbocycles. The molecule has 2 rings (SSSR count). The number of carbonyl (C=O) groups excluding carboxylic acids is 1. The number of piperazine rings is 1. The first-order valence-electron chi connectivity index (χ1n) is 7.91. The molecule has 1 aliphatic rings. The maximum absolute atomic E-state index is 11.8. The number of carbonyl (C=O) groups is 1. The number of nitrogens with zero attached hydrogens (tertiary/aromatic N) is 1. The third-order valence-corrected chi connectivity index (χ3v) is 4.05. The zero-order valence-corrected chi connectivity index (χ0v) is 13.6. The summed E-state index contributed by atoms with van der Waals surface area (Å²) in [4.78, 5) is 13.9. The number of aliphatic hydroxyl groups excluding tert-OH is 1. The first kappa shape index (κ1) is 16.8. The van der Waals surface area contributed by atoms with Crippen LogP contribution in [0.3, 0.4) is 0 Å². The summed E-state index contributed by atoms with van der Waals surface area (Å²) in [5, 5.41) is 13.1. The van der Waals surface area contributed by atoms with E-state index in [0.29, 0.717) is 13.1 Å². The molecule has 5 nitrogen and oxygen atoms in total. The fraction of sp³-hybridized carbons (Fsp3) is 0.588. The monoisotopic (exact) mass is 306 g/mol. The van der Waals surface area contributed by atoms with E-state index in [2.05, 4.69) is 5.32 Å². The molecule has 0 aromatic heterocycles. The van der Waals surface area contributed by atoms with Gasteiger partial charge in [-0.2, -0.15) is 0 Å². The summed E-state index contributed by atoms with van der Waals surface area (Å²) in [6.45, 7) is 8.09. The van der Waals surface area contributed by atoms with Crippen molar-refractivity contribution in [1.29, 1.82) is 0 Å². The van der Waals surface area contributed by atoms with Crippen molar-refractivity contribution in [3.63, 3.8) is 0 Å². The van der Waals surface area contributed by atoms with E-state index >= 15 is 0 Å². The highest BCUT2D eigenvalue weighted by Crippen LogP contribution is 2.19. The van der Waals surface area contributed by atoms with Crippen molar-refractivity contribution >= 4 is 5.91 Å². The topological polar surface area (TPSA) is 61.8 Å². The average Bonchev–Trinajstić information content (AvgIpc) is 2.48. The minimum Gasteiger partial charge on any atom is -0.491 e. The molecule has 1 aromatic rings. The molecule has 0 bridgehead atoms. The molecule has 0 spiro atoms. The number of hydrogen-bond acceptors (Lipinski definition) is 4. The smallest absolute Gasteiger partial charge is 0.237 e. The number of aryl methyl sites for hydroxylation is 2. The van der Waals surface area contributed by atoms with Crippen molar-refractivity contribution in [2.75, 3.05) is 26.2 Å². The van der Waals surface area contributed by atoms with Gasteiger partial charge < -0.3 is 15.2 Å². The molecule has 1 saturated heterocycles. The lowest BCUT2D eigenvalue weighted by Gasteiger charge is -2.35. The molecule has 2 N–H and O–H groups in total. The maximum Gasteiger partial charge on any atom is 0.237 e. The lowest BCUT2D eigenvalue weighted by Crippen LogP contribution is -2.56. The van der Waals surface area contributed by atoms with Gasteiger partial charge in [-0.05, 0) is 37.5 Å². The number of hydrogen-bond donors (Lipinski definition) is 2. The fourth-order valence-electron chi connectivity index (χ4n) is 2.80. The van der Waals surface area contributed by atoms with Gasteiger partial charge in [-0.25, -0.2) is 0 Å². The van der Waals surface area contributed by atoms with E-state index in [9.17, 15) is 9.90 Å². The van der Waals surface area contributed by atoms with Crippen molar-refractivity contribution in [2.45, 2.75) is 39.3 Å². The van der Waals surface area contributed by atoms with Crippen LogP contribution in [0.1, 0.15) is 24.5 Å². The Bertz CT molecular complexity index is 519. The summed E-state index contributed by atoms with van der Waals surface area (Å²) in [7, 11) is 0. The van der Waals surface area contributed by atoms with E-state index in [0.717, 1.165) is 29.8 Å². The van der Waals surface area contributed by atoms with E-state index in [-0.39, 0.29) is 18.6 Å². The highest BCUT2D eigenvalue weighted by Gasteiger charge is 2.29. The van der Waals surface area contributed by atoms with Crippen LogP contribution >= 0.6 is 0 Å². The van der Waals surface area contributed by atoms with Gasteiger partial charge in [0.15, 0.2) is 0 Å². The highest BCUT2D eigenvalue weighted by atomic mass is 16.5. The Morgan fingerprint density at radius 1 is 1.45 bits per heavy atom. The largest absolute Gasteiger partial charge is 0.491 e. The number of nitrogens with one attached hydrogen (secondary N) is 1. The molecule has 122 valence electrons. The standard InChI is InChI=1S/C17H26N2O3/c1-4-15-17(21)18-7-8-19(15)10-14(20)11-22-16-9-12(2)5-6-13(16)3/h5-6,9,14-15,20H,4,7-8,10-11H2,1-3H3,(H,18,21). The molecule has 0 radical (unpaired) electrons. The molecule has 5 heteroatoms. The zero-order chi connectivity index (χ0) is 16.1. The van der Waals surface area contributed by atoms with E-state index in [1.54, 1.807) is 0 Å². The molecule has 1 heterocycles. The minimum atomic E-state index is -0.611. The van der Waals surface area contributed by atoms with Crippen LogP contribution in [0.4, 0.5) is 0 Å². The Labute approximate surface area is 132 Å². The quantitative estimate of drug-likeness (QED) is 0.830. The van der Waals surface area contributed by atoms with Crippen LogP contribution in [0.2, 0.25) is 0 Å². The molecule has 2 atom stereocenters. The van der Waals surface area contributed by atoms with Gasteiger partial charge in [0.25, 0.3) is 0 Å². The van der Waals surface area contributed by atoms with Crippen molar-refractivity contribution < 1.29 is 14.6 Å². The number of β-amino-alcohol motifs (C(OH)–C–C–N with tert-alkyl or cyclic N) is 1. The Kier molecular flexibility index (Phi) is 5.80. The average molecular weight is 306 g/mol. The van der Waals surface area contributed by atoms with E-state index in [1.165, 1.54) is 0 Å². The summed E-state index contributed by atoms with van der Waals surface area (Å²) in [5.41, 5.74) is 2.19. The summed E-state index contributed by atoms with van der Waals surface area (Å²) in [5.74, 6) is 0.860. The molecule has 1 aliphatic heterocycles. The number of ether oxygens (including phenoxy) is 1.